The second kappa shape index (κ2) is 14.8. The van der Waals surface area contributed by atoms with E-state index in [1.165, 1.54) is 0 Å². The maximum Gasteiger partial charge on any atom is 0.265 e. The van der Waals surface area contributed by atoms with Crippen molar-refractivity contribution in [3.05, 3.63) is 0 Å². The van der Waals surface area contributed by atoms with Gasteiger partial charge in [0, 0.05) is 19.3 Å². The molecule has 16 nitrogen and oxygen atoms in total. The Balaban J connectivity index is -0.000000746. The fourth-order valence-electron chi connectivity index (χ4n) is 2.50. The molecule has 0 unspecified atom stereocenters. The molecule has 0 saturated carbocycles. The van der Waals surface area contributed by atoms with Crippen LogP contribution in [0.1, 0.15) is 19.3 Å². The largest absolute Gasteiger partial charge is 0.726 e. The lowest BCUT2D eigenvalue weighted by molar-refractivity contribution is -0.909. The van der Waals surface area contributed by atoms with Crippen molar-refractivity contribution in [2.24, 2.45) is 0 Å². The zero-order chi connectivity index (χ0) is 27.4. The minimum absolute atomic E-state index is 0.216. The Labute approximate surface area is 196 Å². The molecule has 0 atom stereocenters. The van der Waals surface area contributed by atoms with E-state index in [-0.39, 0.29) is 11.5 Å². The molecule has 0 aromatic heterocycles. The Morgan fingerprint density at radius 3 is 0.879 bits per heavy atom. The van der Waals surface area contributed by atoms with Crippen LogP contribution in [-0.2, 0) is 41.0 Å². The number of hydrogen-bond donors (Lipinski definition) is 4. The van der Waals surface area contributed by atoms with Crippen LogP contribution in [0.25, 0.3) is 0 Å². The lowest BCUT2D eigenvalue weighted by Crippen LogP contribution is -2.46. The molecule has 0 rings (SSSR count). The minimum Gasteiger partial charge on any atom is -0.726 e. The first-order valence-corrected chi connectivity index (χ1v) is 15.0. The topological polar surface area (TPSA) is 264 Å². The number of quaternary nitrogens is 2. The Morgan fingerprint density at radius 1 is 0.515 bits per heavy atom. The van der Waals surface area contributed by atoms with Gasteiger partial charge < -0.3 is 18.1 Å². The summed E-state index contributed by atoms with van der Waals surface area (Å²) in [4.78, 5) is 0. The second-order valence-electron chi connectivity index (χ2n) is 8.25. The highest BCUT2D eigenvalue weighted by molar-refractivity contribution is 7.86. The third-order valence-corrected chi connectivity index (χ3v) is 5.47. The number of nitrogens with zero attached hydrogens (tertiary/aromatic N) is 2. The summed E-state index contributed by atoms with van der Waals surface area (Å²) in [5, 5.41) is 0. The molecular weight excluding hydrogens is 536 g/mol. The third-order valence-electron chi connectivity index (χ3n) is 3.86. The molecule has 0 heterocycles. The third kappa shape index (κ3) is 49.6. The summed E-state index contributed by atoms with van der Waals surface area (Å²) < 4.78 is 127. The van der Waals surface area contributed by atoms with Crippen LogP contribution < -0.4 is 0 Å². The Bertz CT molecular complexity index is 874. The van der Waals surface area contributed by atoms with Crippen molar-refractivity contribution >= 4 is 41.0 Å². The SMILES string of the molecule is C[N+](C)(CCC[N+](C)(C)CCCS(=O)(=O)O)CCCS(=O)(=O)O.O=S(=O)([O-])O.O=S(=O)([O-])O. The highest BCUT2D eigenvalue weighted by Gasteiger charge is 2.21. The summed E-state index contributed by atoms with van der Waals surface area (Å²) in [7, 11) is -9.56. The fourth-order valence-corrected chi connectivity index (χ4v) is 3.49. The van der Waals surface area contributed by atoms with Gasteiger partial charge in [0.15, 0.2) is 0 Å². The van der Waals surface area contributed by atoms with Gasteiger partial charge in [-0.2, -0.15) is 16.8 Å². The van der Waals surface area contributed by atoms with Gasteiger partial charge in [-0.15, -0.1) is 0 Å². The van der Waals surface area contributed by atoms with Crippen LogP contribution in [0, 0.1) is 0 Å². The average molecular weight is 571 g/mol. The molecule has 4 N–H and O–H groups in total. The van der Waals surface area contributed by atoms with Crippen LogP contribution in [-0.4, -0.2) is 136 Å². The molecule has 33 heavy (non-hydrogen) atoms. The maximum absolute atomic E-state index is 10.7. The molecule has 0 aliphatic carbocycles. The highest BCUT2D eigenvalue weighted by Crippen LogP contribution is 2.07. The van der Waals surface area contributed by atoms with Gasteiger partial charge in [-0.3, -0.25) is 18.2 Å². The summed E-state index contributed by atoms with van der Waals surface area (Å²) in [5.41, 5.74) is 0. The molecule has 0 bridgehead atoms. The maximum atomic E-state index is 10.7. The average Bonchev–Trinajstić information content (AvgIpc) is 2.39. The van der Waals surface area contributed by atoms with Gasteiger partial charge in [-0.05, 0) is 0 Å². The van der Waals surface area contributed by atoms with E-state index in [2.05, 4.69) is 0 Å². The van der Waals surface area contributed by atoms with Crippen LogP contribution in [0.3, 0.4) is 0 Å². The molecule has 0 aliphatic rings. The zero-order valence-corrected chi connectivity index (χ0v) is 22.0. The monoisotopic (exact) mass is 570 g/mol. The van der Waals surface area contributed by atoms with Gasteiger partial charge in [-0.25, -0.2) is 16.8 Å². The van der Waals surface area contributed by atoms with Crippen molar-refractivity contribution in [1.82, 2.24) is 0 Å². The van der Waals surface area contributed by atoms with Gasteiger partial charge in [0.25, 0.3) is 20.2 Å². The summed E-state index contributed by atoms with van der Waals surface area (Å²) in [6, 6.07) is 0. The van der Waals surface area contributed by atoms with Crippen LogP contribution in [0.2, 0.25) is 0 Å². The van der Waals surface area contributed by atoms with E-state index in [9.17, 15) is 16.8 Å². The number of rotatable bonds is 12. The summed E-state index contributed by atoms with van der Waals surface area (Å²) in [6.07, 6.45) is 1.74. The molecule has 0 fully saturated rings. The van der Waals surface area contributed by atoms with Gasteiger partial charge in [0.1, 0.15) is 0 Å². The van der Waals surface area contributed by atoms with E-state index >= 15 is 0 Å². The molecule has 0 amide bonds. The van der Waals surface area contributed by atoms with Gasteiger partial charge in [0.2, 0.25) is 20.8 Å². The standard InChI is InChI=1S/C13H30N2O6S2.2H2O4S/c1-14(2,10-6-12-22(16,17)18)8-5-9-15(3,4)11-7-13-23(19,20)21;2*1-5(2,3)4/h5-13H2,1-4H3;2*(H2,1,2,3,4). The highest BCUT2D eigenvalue weighted by atomic mass is 32.3. The van der Waals surface area contributed by atoms with E-state index in [0.717, 1.165) is 19.5 Å². The first-order valence-electron chi connectivity index (χ1n) is 9.03. The van der Waals surface area contributed by atoms with Crippen molar-refractivity contribution in [1.29, 1.82) is 0 Å². The normalized spacial score (nSPS) is 13.4. The Kier molecular flexibility index (Phi) is 16.6. The molecule has 204 valence electrons. The van der Waals surface area contributed by atoms with Crippen molar-refractivity contribution in [3.63, 3.8) is 0 Å². The molecule has 0 radical (unpaired) electrons. The van der Waals surface area contributed by atoms with Gasteiger partial charge >= 0.3 is 0 Å². The fraction of sp³-hybridized carbons (Fsp3) is 1.00. The van der Waals surface area contributed by atoms with Gasteiger partial charge in [-0.1, -0.05) is 0 Å². The predicted molar refractivity (Wildman–Crippen MR) is 115 cm³/mol. The lowest BCUT2D eigenvalue weighted by atomic mass is 10.2. The van der Waals surface area contributed by atoms with E-state index in [1.807, 2.05) is 28.2 Å². The molecule has 0 spiro atoms. The lowest BCUT2D eigenvalue weighted by Gasteiger charge is -2.33. The van der Waals surface area contributed by atoms with Crippen LogP contribution in [0.15, 0.2) is 0 Å². The summed E-state index contributed by atoms with van der Waals surface area (Å²) in [5.74, 6) is -0.433. The quantitative estimate of drug-likeness (QED) is 0.113. The first-order chi connectivity index (χ1) is 14.1. The molecule has 0 saturated heterocycles. The molecule has 20 heteroatoms. The summed E-state index contributed by atoms with van der Waals surface area (Å²) in [6.45, 7) is 3.06. The van der Waals surface area contributed by atoms with E-state index in [4.69, 9.17) is 44.2 Å². The van der Waals surface area contributed by atoms with Crippen molar-refractivity contribution in [2.75, 3.05) is 65.9 Å². The minimum atomic E-state index is -4.92. The van der Waals surface area contributed by atoms with Crippen LogP contribution in [0.4, 0.5) is 0 Å². The second-order valence-corrected chi connectivity index (χ2v) is 13.1. The molecular formula is C13H34N2O14S4. The van der Waals surface area contributed by atoms with Gasteiger partial charge in [0.05, 0.1) is 65.9 Å². The van der Waals surface area contributed by atoms with Crippen LogP contribution in [0.5, 0.6) is 0 Å². The molecule has 0 aliphatic heterocycles. The zero-order valence-electron chi connectivity index (χ0n) is 18.8. The van der Waals surface area contributed by atoms with Crippen molar-refractivity contribution < 1.29 is 70.0 Å². The van der Waals surface area contributed by atoms with Crippen LogP contribution >= 0.6 is 0 Å². The summed E-state index contributed by atoms with van der Waals surface area (Å²) >= 11 is 0. The van der Waals surface area contributed by atoms with Crippen molar-refractivity contribution in [3.8, 4) is 0 Å². The molecule has 0 aromatic carbocycles. The smallest absolute Gasteiger partial charge is 0.265 e. The number of hydrogen-bond acceptors (Lipinski definition) is 10. The van der Waals surface area contributed by atoms with E-state index in [1.54, 1.807) is 0 Å². The van der Waals surface area contributed by atoms with E-state index < -0.39 is 41.0 Å². The molecule has 0 aromatic rings. The predicted octanol–water partition coefficient (Wildman–Crippen LogP) is -1.91. The Hall–Kier alpha value is -0.520. The van der Waals surface area contributed by atoms with Crippen molar-refractivity contribution in [2.45, 2.75) is 19.3 Å². The van der Waals surface area contributed by atoms with E-state index in [0.29, 0.717) is 34.9 Å². The first kappa shape index (κ1) is 37.0. The Morgan fingerprint density at radius 2 is 0.697 bits per heavy atom.